The van der Waals surface area contributed by atoms with Crippen molar-refractivity contribution in [3.8, 4) is 44.5 Å². The number of hydrogen-bond acceptors (Lipinski definition) is 2. The van der Waals surface area contributed by atoms with Crippen LogP contribution in [0.4, 0.5) is 34.1 Å². The number of rotatable bonds is 10. The lowest BCUT2D eigenvalue weighted by atomic mass is 9.85. The van der Waals surface area contributed by atoms with Crippen molar-refractivity contribution in [3.63, 3.8) is 0 Å². The number of nitrogens with zero attached hydrogens (tertiary/aromatic N) is 2. The summed E-state index contributed by atoms with van der Waals surface area (Å²) in [5, 5.41) is 7.48. The molecule has 0 aliphatic rings. The van der Waals surface area contributed by atoms with E-state index in [1.807, 2.05) is 0 Å². The Balaban J connectivity index is 0.873. The molecule has 0 radical (unpaired) electrons. The van der Waals surface area contributed by atoms with Gasteiger partial charge in [0.05, 0.1) is 0 Å². The Kier molecular flexibility index (Phi) is 10.6. The fraction of sp³-hybridized carbons (Fsp3) is 0. The zero-order valence-electron chi connectivity index (χ0n) is 37.5. The first-order valence-electron chi connectivity index (χ1n) is 23.3. The Morgan fingerprint density at radius 2 is 0.441 bits per heavy atom. The fourth-order valence-corrected chi connectivity index (χ4v) is 9.96. The fourth-order valence-electron chi connectivity index (χ4n) is 9.96. The molecule has 12 rings (SSSR count). The van der Waals surface area contributed by atoms with Gasteiger partial charge in [-0.15, -0.1) is 0 Å². The van der Waals surface area contributed by atoms with Crippen molar-refractivity contribution in [2.45, 2.75) is 0 Å². The smallest absolute Gasteiger partial charge is 0.0462 e. The summed E-state index contributed by atoms with van der Waals surface area (Å²) in [5.74, 6) is 0. The summed E-state index contributed by atoms with van der Waals surface area (Å²) in [6, 6.07) is 101. The van der Waals surface area contributed by atoms with Crippen molar-refractivity contribution in [2.24, 2.45) is 0 Å². The van der Waals surface area contributed by atoms with E-state index in [1.54, 1.807) is 0 Å². The molecule has 0 saturated carbocycles. The molecular formula is C66H46N2. The van der Waals surface area contributed by atoms with E-state index in [2.05, 4.69) is 289 Å². The van der Waals surface area contributed by atoms with Gasteiger partial charge in [0.2, 0.25) is 0 Å². The van der Waals surface area contributed by atoms with E-state index < -0.39 is 0 Å². The number of anilines is 6. The topological polar surface area (TPSA) is 6.48 Å². The Labute approximate surface area is 397 Å². The van der Waals surface area contributed by atoms with Gasteiger partial charge in [0.25, 0.3) is 0 Å². The van der Waals surface area contributed by atoms with Crippen molar-refractivity contribution in [2.75, 3.05) is 9.80 Å². The normalized spacial score (nSPS) is 11.2. The molecule has 0 fully saturated rings. The van der Waals surface area contributed by atoms with Crippen LogP contribution in [0.15, 0.2) is 279 Å². The van der Waals surface area contributed by atoms with E-state index in [-0.39, 0.29) is 0 Å². The maximum absolute atomic E-state index is 2.34. The Bertz CT molecular complexity index is 3580. The molecule has 0 amide bonds. The lowest BCUT2D eigenvalue weighted by Crippen LogP contribution is -2.09. The summed E-state index contributed by atoms with van der Waals surface area (Å²) >= 11 is 0. The molecule has 0 aliphatic carbocycles. The van der Waals surface area contributed by atoms with E-state index >= 15 is 0 Å². The van der Waals surface area contributed by atoms with Crippen LogP contribution in [0.3, 0.4) is 0 Å². The van der Waals surface area contributed by atoms with Crippen LogP contribution in [-0.4, -0.2) is 0 Å². The molecule has 2 heteroatoms. The molecule has 12 aromatic carbocycles. The predicted octanol–water partition coefficient (Wildman–Crippen LogP) is 18.8. The van der Waals surface area contributed by atoms with Crippen molar-refractivity contribution < 1.29 is 0 Å². The molecule has 2 nitrogen and oxygen atoms in total. The molecule has 68 heavy (non-hydrogen) atoms. The molecule has 0 heterocycles. The van der Waals surface area contributed by atoms with Crippen LogP contribution in [0.2, 0.25) is 0 Å². The van der Waals surface area contributed by atoms with E-state index in [0.29, 0.717) is 0 Å². The molecule has 0 bridgehead atoms. The van der Waals surface area contributed by atoms with Crippen LogP contribution in [0, 0.1) is 0 Å². The van der Waals surface area contributed by atoms with E-state index in [4.69, 9.17) is 0 Å². The second-order valence-corrected chi connectivity index (χ2v) is 17.3. The maximum Gasteiger partial charge on any atom is 0.0462 e. The van der Waals surface area contributed by atoms with Gasteiger partial charge in [0.1, 0.15) is 0 Å². The van der Waals surface area contributed by atoms with Gasteiger partial charge < -0.3 is 9.80 Å². The third-order valence-electron chi connectivity index (χ3n) is 13.2. The number of hydrogen-bond donors (Lipinski definition) is 0. The van der Waals surface area contributed by atoms with Crippen molar-refractivity contribution in [1.29, 1.82) is 0 Å². The summed E-state index contributed by atoms with van der Waals surface area (Å²) < 4.78 is 0. The van der Waals surface area contributed by atoms with Gasteiger partial charge >= 0.3 is 0 Å². The highest BCUT2D eigenvalue weighted by molar-refractivity contribution is 6.21. The molecule has 320 valence electrons. The van der Waals surface area contributed by atoms with E-state index in [9.17, 15) is 0 Å². The average Bonchev–Trinajstić information content (AvgIpc) is 3.42. The van der Waals surface area contributed by atoms with Crippen LogP contribution in [0.5, 0.6) is 0 Å². The zero-order chi connectivity index (χ0) is 45.2. The van der Waals surface area contributed by atoms with Gasteiger partial charge in [-0.05, 0) is 156 Å². The monoisotopic (exact) mass is 866 g/mol. The highest BCUT2D eigenvalue weighted by atomic mass is 15.1. The van der Waals surface area contributed by atoms with Crippen LogP contribution in [-0.2, 0) is 0 Å². The minimum Gasteiger partial charge on any atom is -0.311 e. The quantitative estimate of drug-likeness (QED) is 0.126. The van der Waals surface area contributed by atoms with Gasteiger partial charge in [0.15, 0.2) is 0 Å². The molecule has 0 unspecified atom stereocenters. The van der Waals surface area contributed by atoms with Crippen LogP contribution >= 0.6 is 0 Å². The molecule has 0 saturated heterocycles. The van der Waals surface area contributed by atoms with Crippen molar-refractivity contribution in [3.05, 3.63) is 279 Å². The second-order valence-electron chi connectivity index (χ2n) is 17.3. The van der Waals surface area contributed by atoms with E-state index in [1.165, 1.54) is 71.3 Å². The third-order valence-corrected chi connectivity index (χ3v) is 13.2. The first-order valence-corrected chi connectivity index (χ1v) is 23.3. The van der Waals surface area contributed by atoms with Crippen molar-refractivity contribution >= 4 is 66.4 Å². The van der Waals surface area contributed by atoms with Gasteiger partial charge in [-0.2, -0.15) is 0 Å². The average molecular weight is 867 g/mol. The van der Waals surface area contributed by atoms with Crippen molar-refractivity contribution in [1.82, 2.24) is 0 Å². The molecule has 12 aromatic rings. The molecular weight excluding hydrogens is 821 g/mol. The van der Waals surface area contributed by atoms with Gasteiger partial charge in [-0.25, -0.2) is 0 Å². The summed E-state index contributed by atoms with van der Waals surface area (Å²) in [6.07, 6.45) is 0. The maximum atomic E-state index is 2.34. The number of fused-ring (bicyclic) bond motifs is 3. The first kappa shape index (κ1) is 40.5. The minimum atomic E-state index is 1.09. The summed E-state index contributed by atoms with van der Waals surface area (Å²) in [7, 11) is 0. The number of benzene rings is 12. The Hall–Kier alpha value is -8.98. The lowest BCUT2D eigenvalue weighted by Gasteiger charge is -2.26. The second kappa shape index (κ2) is 17.8. The summed E-state index contributed by atoms with van der Waals surface area (Å²) in [6.45, 7) is 0. The summed E-state index contributed by atoms with van der Waals surface area (Å²) in [4.78, 5) is 4.64. The zero-order valence-corrected chi connectivity index (χ0v) is 37.5. The third kappa shape index (κ3) is 7.64. The lowest BCUT2D eigenvalue weighted by molar-refractivity contribution is 1.28. The molecule has 0 N–H and O–H groups in total. The van der Waals surface area contributed by atoms with E-state index in [0.717, 1.165) is 39.7 Å². The Morgan fingerprint density at radius 3 is 0.838 bits per heavy atom. The summed E-state index contributed by atoms with van der Waals surface area (Å²) in [5.41, 5.74) is 16.3. The predicted molar refractivity (Wildman–Crippen MR) is 290 cm³/mol. The molecule has 0 aromatic heterocycles. The molecule has 0 atom stereocenters. The van der Waals surface area contributed by atoms with Crippen LogP contribution in [0.1, 0.15) is 0 Å². The number of para-hydroxylation sites is 3. The highest BCUT2D eigenvalue weighted by Gasteiger charge is 2.19. The Morgan fingerprint density at radius 1 is 0.176 bits per heavy atom. The van der Waals surface area contributed by atoms with Gasteiger partial charge in [0, 0.05) is 34.1 Å². The molecule has 0 spiro atoms. The first-order chi connectivity index (χ1) is 33.7. The van der Waals surface area contributed by atoms with Gasteiger partial charge in [-0.3, -0.25) is 0 Å². The van der Waals surface area contributed by atoms with Crippen LogP contribution in [0.25, 0.3) is 76.8 Å². The van der Waals surface area contributed by atoms with Crippen LogP contribution < -0.4 is 9.80 Å². The minimum absolute atomic E-state index is 1.09. The highest BCUT2D eigenvalue weighted by Crippen LogP contribution is 2.45. The SMILES string of the molecule is c1ccc(N(c2ccccc2)c2ccc(-c3ccc(N(c4ccccc4)c4ccc(-c5c6ccccc6c(-c6ccc(-c7ccc8ccccc8c7)cc6)c6ccccc56)cc4)cc3)cc2)cc1. The molecule has 0 aliphatic heterocycles. The van der Waals surface area contributed by atoms with Gasteiger partial charge in [-0.1, -0.05) is 200 Å². The largest absolute Gasteiger partial charge is 0.311 e. The standard InChI is InChI=1S/C66H46N2/c1-4-18-55(19-5-1)67(56-20-6-2-7-21-56)58-40-34-48(35-41-58)49-36-42-59(43-37-49)68(57-22-8-3-9-23-57)60-44-38-52(39-45-60)66-63-26-14-12-24-61(63)65(62-25-13-15-27-64(62)66)51-31-28-50(29-32-51)54-33-30-47-16-10-11-17-53(47)46-54/h1-46H.